The Hall–Kier alpha value is -3.35. The molecule has 152 valence electrons. The van der Waals surface area contributed by atoms with Gasteiger partial charge >= 0.3 is 0 Å². The smallest absolute Gasteiger partial charge is 0.262 e. The van der Waals surface area contributed by atoms with E-state index < -0.39 is 0 Å². The highest BCUT2D eigenvalue weighted by Gasteiger charge is 2.34. The number of carbonyl (C=O) groups is 3. The van der Waals surface area contributed by atoms with Crippen LogP contribution < -0.4 is 20.3 Å². The van der Waals surface area contributed by atoms with E-state index in [4.69, 9.17) is 4.74 Å². The van der Waals surface area contributed by atoms with Crippen molar-refractivity contribution in [1.29, 1.82) is 0 Å². The van der Waals surface area contributed by atoms with Crippen LogP contribution in [0.25, 0.3) is 0 Å². The molecular formula is C22H25N3O4. The molecule has 1 saturated heterocycles. The highest BCUT2D eigenvalue weighted by atomic mass is 16.5. The Bertz CT molecular complexity index is 904. The van der Waals surface area contributed by atoms with Gasteiger partial charge in [0.15, 0.2) is 6.61 Å². The summed E-state index contributed by atoms with van der Waals surface area (Å²) in [4.78, 5) is 37.7. The Morgan fingerprint density at radius 3 is 2.38 bits per heavy atom. The van der Waals surface area contributed by atoms with E-state index in [1.165, 1.54) is 0 Å². The van der Waals surface area contributed by atoms with Crippen molar-refractivity contribution in [2.24, 2.45) is 5.92 Å². The van der Waals surface area contributed by atoms with Crippen molar-refractivity contribution in [2.45, 2.75) is 20.3 Å². The number of nitrogens with one attached hydrogen (secondary N) is 2. The molecule has 0 bridgehead atoms. The minimum absolute atomic E-state index is 0.0832. The van der Waals surface area contributed by atoms with Gasteiger partial charge in [0.05, 0.1) is 5.92 Å². The molecule has 0 radical (unpaired) electrons. The fraction of sp³-hybridized carbons (Fsp3) is 0.318. The fourth-order valence-corrected chi connectivity index (χ4v) is 3.45. The fourth-order valence-electron chi connectivity index (χ4n) is 3.45. The van der Waals surface area contributed by atoms with Gasteiger partial charge in [-0.05, 0) is 61.4 Å². The number of benzene rings is 2. The van der Waals surface area contributed by atoms with E-state index in [-0.39, 0.29) is 36.7 Å². The van der Waals surface area contributed by atoms with Crippen LogP contribution in [0.5, 0.6) is 5.75 Å². The van der Waals surface area contributed by atoms with E-state index in [0.29, 0.717) is 18.0 Å². The number of rotatable bonds is 6. The maximum absolute atomic E-state index is 12.2. The maximum Gasteiger partial charge on any atom is 0.262 e. The first-order chi connectivity index (χ1) is 13.9. The number of amides is 3. The topological polar surface area (TPSA) is 87.7 Å². The predicted molar refractivity (Wildman–Crippen MR) is 111 cm³/mol. The molecule has 2 aromatic rings. The molecule has 7 heteroatoms. The van der Waals surface area contributed by atoms with Crippen LogP contribution in [0.2, 0.25) is 0 Å². The van der Waals surface area contributed by atoms with Crippen molar-refractivity contribution >= 4 is 29.1 Å². The van der Waals surface area contributed by atoms with E-state index in [0.717, 1.165) is 16.8 Å². The molecule has 2 aromatic carbocycles. The van der Waals surface area contributed by atoms with Gasteiger partial charge in [-0.25, -0.2) is 0 Å². The van der Waals surface area contributed by atoms with Gasteiger partial charge in [-0.2, -0.15) is 0 Å². The van der Waals surface area contributed by atoms with Gasteiger partial charge in [0, 0.05) is 31.4 Å². The lowest BCUT2D eigenvalue weighted by Gasteiger charge is -2.17. The molecule has 7 nitrogen and oxygen atoms in total. The lowest BCUT2D eigenvalue weighted by molar-refractivity contribution is -0.125. The highest BCUT2D eigenvalue weighted by Crippen LogP contribution is 2.27. The number of aryl methyl sites for hydroxylation is 2. The number of anilines is 2. The number of hydrogen-bond acceptors (Lipinski definition) is 4. The van der Waals surface area contributed by atoms with Crippen LogP contribution in [0, 0.1) is 19.8 Å². The minimum Gasteiger partial charge on any atom is -0.484 e. The molecule has 1 fully saturated rings. The Labute approximate surface area is 170 Å². The summed E-state index contributed by atoms with van der Waals surface area (Å²) in [7, 11) is 1.57. The van der Waals surface area contributed by atoms with Crippen LogP contribution in [0.4, 0.5) is 11.4 Å². The van der Waals surface area contributed by atoms with Crippen molar-refractivity contribution in [3.8, 4) is 5.75 Å². The monoisotopic (exact) mass is 395 g/mol. The second-order valence-electron chi connectivity index (χ2n) is 7.23. The van der Waals surface area contributed by atoms with Crippen molar-refractivity contribution in [3.63, 3.8) is 0 Å². The average Bonchev–Trinajstić information content (AvgIpc) is 3.07. The van der Waals surface area contributed by atoms with Crippen LogP contribution in [0.1, 0.15) is 17.5 Å². The average molecular weight is 395 g/mol. The number of ether oxygens (including phenoxy) is 1. The zero-order valence-electron chi connectivity index (χ0n) is 16.8. The molecule has 0 spiro atoms. The molecule has 0 aromatic heterocycles. The molecule has 0 saturated carbocycles. The molecule has 29 heavy (non-hydrogen) atoms. The summed E-state index contributed by atoms with van der Waals surface area (Å²) >= 11 is 0. The first-order valence-electron chi connectivity index (χ1n) is 9.48. The SMILES string of the molecule is CNC(=O)[C@@H]1CC(=O)N(c2ccc(OCC(=O)Nc3cc(C)cc(C)c3)cc2)C1. The molecule has 1 heterocycles. The van der Waals surface area contributed by atoms with E-state index in [2.05, 4.69) is 10.6 Å². The third-order valence-corrected chi connectivity index (χ3v) is 4.77. The molecule has 1 atom stereocenters. The second kappa shape index (κ2) is 8.77. The molecule has 3 amide bonds. The normalized spacial score (nSPS) is 15.9. The van der Waals surface area contributed by atoms with Gasteiger partial charge in [-0.1, -0.05) is 6.07 Å². The molecule has 0 unspecified atom stereocenters. The molecule has 1 aliphatic heterocycles. The zero-order valence-corrected chi connectivity index (χ0v) is 16.8. The van der Waals surface area contributed by atoms with Crippen LogP contribution >= 0.6 is 0 Å². The standard InChI is InChI=1S/C22H25N3O4/c1-14-8-15(2)10-17(9-14)24-20(26)13-29-19-6-4-18(5-7-19)25-12-16(11-21(25)27)22(28)23-3/h4-10,16H,11-13H2,1-3H3,(H,23,28)(H,24,26)/t16-/m1/s1. The Morgan fingerprint density at radius 1 is 1.10 bits per heavy atom. The van der Waals surface area contributed by atoms with Gasteiger partial charge < -0.3 is 20.3 Å². The summed E-state index contributed by atoms with van der Waals surface area (Å²) in [6, 6.07) is 12.8. The summed E-state index contributed by atoms with van der Waals surface area (Å²) in [5, 5.41) is 5.41. The number of hydrogen-bond donors (Lipinski definition) is 2. The minimum atomic E-state index is -0.336. The lowest BCUT2D eigenvalue weighted by Crippen LogP contribution is -2.30. The van der Waals surface area contributed by atoms with Crippen molar-refractivity contribution in [3.05, 3.63) is 53.6 Å². The first kappa shape index (κ1) is 20.4. The van der Waals surface area contributed by atoms with E-state index in [9.17, 15) is 14.4 Å². The van der Waals surface area contributed by atoms with Crippen molar-refractivity contribution in [2.75, 3.05) is 30.4 Å². The van der Waals surface area contributed by atoms with Gasteiger partial charge in [0.25, 0.3) is 5.91 Å². The van der Waals surface area contributed by atoms with Crippen LogP contribution in [0.15, 0.2) is 42.5 Å². The number of nitrogens with zero attached hydrogens (tertiary/aromatic N) is 1. The third kappa shape index (κ3) is 5.13. The molecule has 2 N–H and O–H groups in total. The quantitative estimate of drug-likeness (QED) is 0.786. The van der Waals surface area contributed by atoms with Gasteiger partial charge in [0.2, 0.25) is 11.8 Å². The lowest BCUT2D eigenvalue weighted by atomic mass is 10.1. The summed E-state index contributed by atoms with van der Waals surface area (Å²) < 4.78 is 5.54. The number of carbonyl (C=O) groups excluding carboxylic acids is 3. The summed E-state index contributed by atoms with van der Waals surface area (Å²) in [5.41, 5.74) is 3.59. The van der Waals surface area contributed by atoms with Gasteiger partial charge in [0.1, 0.15) is 5.75 Å². The summed E-state index contributed by atoms with van der Waals surface area (Å²) in [5.74, 6) is -0.269. The van der Waals surface area contributed by atoms with Crippen LogP contribution in [-0.2, 0) is 14.4 Å². The largest absolute Gasteiger partial charge is 0.484 e. The highest BCUT2D eigenvalue weighted by molar-refractivity contribution is 6.00. The molecule has 3 rings (SSSR count). The third-order valence-electron chi connectivity index (χ3n) is 4.77. The van der Waals surface area contributed by atoms with Crippen LogP contribution in [0.3, 0.4) is 0 Å². The molecular weight excluding hydrogens is 370 g/mol. The predicted octanol–water partition coefficient (Wildman–Crippen LogP) is 2.42. The van der Waals surface area contributed by atoms with Gasteiger partial charge in [-0.3, -0.25) is 14.4 Å². The van der Waals surface area contributed by atoms with E-state index >= 15 is 0 Å². The van der Waals surface area contributed by atoms with E-state index in [1.54, 1.807) is 36.2 Å². The second-order valence-corrected chi connectivity index (χ2v) is 7.23. The zero-order chi connectivity index (χ0) is 21.0. The van der Waals surface area contributed by atoms with E-state index in [1.807, 2.05) is 32.0 Å². The first-order valence-corrected chi connectivity index (χ1v) is 9.48. The Morgan fingerprint density at radius 2 is 1.76 bits per heavy atom. The maximum atomic E-state index is 12.2. The summed E-state index contributed by atoms with van der Waals surface area (Å²) in [6.07, 6.45) is 0.205. The summed E-state index contributed by atoms with van der Waals surface area (Å²) in [6.45, 7) is 4.19. The van der Waals surface area contributed by atoms with Crippen molar-refractivity contribution < 1.29 is 19.1 Å². The molecule has 1 aliphatic rings. The van der Waals surface area contributed by atoms with Crippen LogP contribution in [-0.4, -0.2) is 37.9 Å². The Balaban J connectivity index is 1.55. The van der Waals surface area contributed by atoms with Crippen molar-refractivity contribution in [1.82, 2.24) is 5.32 Å². The molecule has 0 aliphatic carbocycles. The van der Waals surface area contributed by atoms with Gasteiger partial charge in [-0.15, -0.1) is 0 Å². The Kier molecular flexibility index (Phi) is 6.16.